The van der Waals surface area contributed by atoms with Crippen LogP contribution in [0, 0.1) is 11.6 Å². The zero-order valence-corrected chi connectivity index (χ0v) is 11.4. The molecule has 0 aliphatic carbocycles. The second-order valence-corrected chi connectivity index (χ2v) is 4.82. The van der Waals surface area contributed by atoms with Crippen molar-refractivity contribution in [1.29, 1.82) is 0 Å². The van der Waals surface area contributed by atoms with Gasteiger partial charge in [0.15, 0.2) is 0 Å². The molecule has 0 radical (unpaired) electrons. The van der Waals surface area contributed by atoms with Crippen molar-refractivity contribution in [2.24, 2.45) is 0 Å². The maximum atomic E-state index is 13.4. The minimum Gasteiger partial charge on any atom is -0.394 e. The topological polar surface area (TPSA) is 32.3 Å². The zero-order valence-electron chi connectivity index (χ0n) is 10.6. The number of nitrogens with one attached hydrogen (secondary N) is 1. The fourth-order valence-corrected chi connectivity index (χ4v) is 1.98. The number of rotatable bonds is 5. The van der Waals surface area contributed by atoms with Gasteiger partial charge in [-0.05, 0) is 35.4 Å². The van der Waals surface area contributed by atoms with Crippen molar-refractivity contribution in [3.8, 4) is 0 Å². The van der Waals surface area contributed by atoms with E-state index >= 15 is 0 Å². The van der Waals surface area contributed by atoms with Crippen molar-refractivity contribution >= 4 is 11.6 Å². The summed E-state index contributed by atoms with van der Waals surface area (Å²) in [4.78, 5) is 0. The molecule has 2 nitrogen and oxygen atoms in total. The first kappa shape index (κ1) is 14.9. The third kappa shape index (κ3) is 3.76. The standard InChI is InChI=1S/C15H14ClF2NO/c16-13-6-3-11(7-14(13)18)15(9-20)19-8-10-1-4-12(17)5-2-10/h1-7,15,19-20H,8-9H2. The van der Waals surface area contributed by atoms with Crippen molar-refractivity contribution in [3.63, 3.8) is 0 Å². The highest BCUT2D eigenvalue weighted by molar-refractivity contribution is 6.30. The molecular formula is C15H14ClF2NO. The zero-order chi connectivity index (χ0) is 14.5. The van der Waals surface area contributed by atoms with Gasteiger partial charge in [-0.15, -0.1) is 0 Å². The second-order valence-electron chi connectivity index (χ2n) is 4.42. The maximum Gasteiger partial charge on any atom is 0.142 e. The lowest BCUT2D eigenvalue weighted by Gasteiger charge is -2.17. The Kier molecular flexibility index (Phi) is 5.06. The molecule has 2 N–H and O–H groups in total. The normalized spacial score (nSPS) is 12.4. The Hall–Kier alpha value is -1.49. The Morgan fingerprint density at radius 3 is 2.40 bits per heavy atom. The van der Waals surface area contributed by atoms with E-state index in [1.807, 2.05) is 0 Å². The summed E-state index contributed by atoms with van der Waals surface area (Å²) in [5.41, 5.74) is 1.48. The molecule has 20 heavy (non-hydrogen) atoms. The molecule has 1 atom stereocenters. The first-order chi connectivity index (χ1) is 9.60. The average molecular weight is 298 g/mol. The van der Waals surface area contributed by atoms with Crippen LogP contribution in [-0.2, 0) is 6.54 Å². The van der Waals surface area contributed by atoms with Gasteiger partial charge in [0.2, 0.25) is 0 Å². The Bertz CT molecular complexity index is 575. The molecule has 5 heteroatoms. The van der Waals surface area contributed by atoms with E-state index in [4.69, 9.17) is 11.6 Å². The third-order valence-corrected chi connectivity index (χ3v) is 3.30. The van der Waals surface area contributed by atoms with Crippen molar-refractivity contribution in [1.82, 2.24) is 5.32 Å². The fraction of sp³-hybridized carbons (Fsp3) is 0.200. The molecule has 2 aromatic rings. The van der Waals surface area contributed by atoms with Gasteiger partial charge in [-0.3, -0.25) is 0 Å². The summed E-state index contributed by atoms with van der Waals surface area (Å²) in [6.07, 6.45) is 0. The lowest BCUT2D eigenvalue weighted by atomic mass is 10.1. The highest BCUT2D eigenvalue weighted by Crippen LogP contribution is 2.20. The minimum absolute atomic E-state index is 0.0453. The van der Waals surface area contributed by atoms with Gasteiger partial charge in [-0.1, -0.05) is 29.8 Å². The third-order valence-electron chi connectivity index (χ3n) is 2.99. The number of hydrogen-bond donors (Lipinski definition) is 2. The van der Waals surface area contributed by atoms with Crippen LogP contribution in [0.3, 0.4) is 0 Å². The average Bonchev–Trinajstić information content (AvgIpc) is 2.45. The van der Waals surface area contributed by atoms with Gasteiger partial charge < -0.3 is 10.4 Å². The van der Waals surface area contributed by atoms with Gasteiger partial charge in [0.25, 0.3) is 0 Å². The summed E-state index contributed by atoms with van der Waals surface area (Å²) in [5, 5.41) is 12.5. The molecule has 0 aliphatic heterocycles. The number of aliphatic hydroxyl groups excluding tert-OH is 1. The van der Waals surface area contributed by atoms with Crippen molar-refractivity contribution < 1.29 is 13.9 Å². The smallest absolute Gasteiger partial charge is 0.142 e. The Morgan fingerprint density at radius 1 is 1.10 bits per heavy atom. The van der Waals surface area contributed by atoms with E-state index in [0.717, 1.165) is 5.56 Å². The number of benzene rings is 2. The first-order valence-electron chi connectivity index (χ1n) is 6.14. The summed E-state index contributed by atoms with van der Waals surface area (Å²) in [6, 6.07) is 10.0. The van der Waals surface area contributed by atoms with E-state index < -0.39 is 11.9 Å². The van der Waals surface area contributed by atoms with E-state index in [9.17, 15) is 13.9 Å². The molecule has 0 saturated carbocycles. The lowest BCUT2D eigenvalue weighted by Crippen LogP contribution is -2.24. The molecule has 0 aromatic heterocycles. The summed E-state index contributed by atoms with van der Waals surface area (Å²) >= 11 is 5.62. The molecule has 0 spiro atoms. The molecule has 0 saturated heterocycles. The van der Waals surface area contributed by atoms with Gasteiger partial charge >= 0.3 is 0 Å². The summed E-state index contributed by atoms with van der Waals surface area (Å²) < 4.78 is 26.2. The highest BCUT2D eigenvalue weighted by atomic mass is 35.5. The van der Waals surface area contributed by atoms with Crippen LogP contribution >= 0.6 is 11.6 Å². The van der Waals surface area contributed by atoms with Gasteiger partial charge in [0.05, 0.1) is 17.7 Å². The maximum absolute atomic E-state index is 13.4. The molecule has 0 bridgehead atoms. The van der Waals surface area contributed by atoms with Gasteiger partial charge in [-0.2, -0.15) is 0 Å². The highest BCUT2D eigenvalue weighted by Gasteiger charge is 2.12. The largest absolute Gasteiger partial charge is 0.394 e. The van der Waals surface area contributed by atoms with Crippen LogP contribution in [0.25, 0.3) is 0 Å². The lowest BCUT2D eigenvalue weighted by molar-refractivity contribution is 0.243. The van der Waals surface area contributed by atoms with Crippen molar-refractivity contribution in [2.75, 3.05) is 6.61 Å². The predicted octanol–water partition coefficient (Wildman–Crippen LogP) is 3.44. The Morgan fingerprint density at radius 2 is 1.80 bits per heavy atom. The van der Waals surface area contributed by atoms with Crippen LogP contribution in [0.5, 0.6) is 0 Å². The summed E-state index contributed by atoms with van der Waals surface area (Å²) in [6.45, 7) is 0.262. The second kappa shape index (κ2) is 6.79. The van der Waals surface area contributed by atoms with E-state index in [1.54, 1.807) is 18.2 Å². The monoisotopic (exact) mass is 297 g/mol. The minimum atomic E-state index is -0.522. The molecule has 0 aliphatic rings. The van der Waals surface area contributed by atoms with Crippen LogP contribution < -0.4 is 5.32 Å². The molecule has 1 unspecified atom stereocenters. The molecule has 106 valence electrons. The molecule has 0 amide bonds. The van der Waals surface area contributed by atoms with Crippen LogP contribution in [0.4, 0.5) is 8.78 Å². The van der Waals surface area contributed by atoms with E-state index in [-0.39, 0.29) is 17.4 Å². The van der Waals surface area contributed by atoms with Crippen molar-refractivity contribution in [2.45, 2.75) is 12.6 Å². The molecule has 2 rings (SSSR count). The summed E-state index contributed by atoms with van der Waals surface area (Å²) in [5.74, 6) is -0.821. The number of aliphatic hydroxyl groups is 1. The molecular weight excluding hydrogens is 284 g/mol. The van der Waals surface area contributed by atoms with E-state index in [2.05, 4.69) is 5.32 Å². The van der Waals surface area contributed by atoms with Crippen LogP contribution in [0.15, 0.2) is 42.5 Å². The van der Waals surface area contributed by atoms with Crippen LogP contribution in [-0.4, -0.2) is 11.7 Å². The molecule has 0 fully saturated rings. The van der Waals surface area contributed by atoms with Crippen molar-refractivity contribution in [3.05, 3.63) is 70.2 Å². The SMILES string of the molecule is OCC(NCc1ccc(F)cc1)c1ccc(Cl)c(F)c1. The van der Waals surface area contributed by atoms with E-state index in [1.165, 1.54) is 24.3 Å². The predicted molar refractivity (Wildman–Crippen MR) is 74.5 cm³/mol. The van der Waals surface area contributed by atoms with Gasteiger partial charge in [0, 0.05) is 6.54 Å². The van der Waals surface area contributed by atoms with Crippen LogP contribution in [0.1, 0.15) is 17.2 Å². The number of halogens is 3. The first-order valence-corrected chi connectivity index (χ1v) is 6.51. The van der Waals surface area contributed by atoms with Crippen LogP contribution in [0.2, 0.25) is 5.02 Å². The van der Waals surface area contributed by atoms with E-state index in [0.29, 0.717) is 12.1 Å². The number of hydrogen-bond acceptors (Lipinski definition) is 2. The summed E-state index contributed by atoms with van der Waals surface area (Å²) in [7, 11) is 0. The quantitative estimate of drug-likeness (QED) is 0.886. The molecule has 0 heterocycles. The van der Waals surface area contributed by atoms with Gasteiger partial charge in [-0.25, -0.2) is 8.78 Å². The Labute approximate surface area is 121 Å². The molecule has 2 aromatic carbocycles. The Balaban J connectivity index is 2.05. The fourth-order valence-electron chi connectivity index (χ4n) is 1.86. The van der Waals surface area contributed by atoms with Gasteiger partial charge in [0.1, 0.15) is 11.6 Å².